The molecule has 0 saturated heterocycles. The normalized spacial score (nSPS) is 27.5. The highest BCUT2D eigenvalue weighted by Crippen LogP contribution is 2.20. The lowest BCUT2D eigenvalue weighted by Gasteiger charge is -2.28. The first-order chi connectivity index (χ1) is 6.87. The molecule has 0 heterocycles. The van der Waals surface area contributed by atoms with Crippen LogP contribution in [-0.4, -0.2) is 18.0 Å². The van der Waals surface area contributed by atoms with Crippen molar-refractivity contribution in [2.45, 2.75) is 65.0 Å². The third-order valence-corrected chi connectivity index (χ3v) is 2.77. The number of amides is 1. The summed E-state index contributed by atoms with van der Waals surface area (Å²) in [4.78, 5) is 11.7. The summed E-state index contributed by atoms with van der Waals surface area (Å²) in [5.74, 6) is 0.168. The summed E-state index contributed by atoms with van der Waals surface area (Å²) in [6.45, 7) is 6.25. The molecule has 0 aromatic carbocycles. The molecular formula is C12H24N2O. The highest BCUT2D eigenvalue weighted by Gasteiger charge is 2.22. The van der Waals surface area contributed by atoms with Crippen LogP contribution in [0.3, 0.4) is 0 Å². The molecule has 0 aromatic rings. The van der Waals surface area contributed by atoms with Gasteiger partial charge in [0, 0.05) is 18.5 Å². The zero-order valence-corrected chi connectivity index (χ0v) is 10.2. The van der Waals surface area contributed by atoms with Crippen molar-refractivity contribution >= 4 is 5.91 Å². The molecule has 88 valence electrons. The fourth-order valence-electron chi connectivity index (χ4n) is 2.12. The van der Waals surface area contributed by atoms with Crippen LogP contribution in [0, 0.1) is 5.41 Å². The van der Waals surface area contributed by atoms with Gasteiger partial charge in [-0.25, -0.2) is 0 Å². The number of nitrogens with two attached hydrogens (primary N) is 1. The van der Waals surface area contributed by atoms with Gasteiger partial charge in [-0.15, -0.1) is 0 Å². The largest absolute Gasteiger partial charge is 0.353 e. The lowest BCUT2D eigenvalue weighted by Crippen LogP contribution is -2.43. The van der Waals surface area contributed by atoms with Gasteiger partial charge >= 0.3 is 0 Å². The molecule has 3 nitrogen and oxygen atoms in total. The fraction of sp³-hybridized carbons (Fsp3) is 0.917. The number of nitrogens with one attached hydrogen (secondary N) is 1. The van der Waals surface area contributed by atoms with E-state index < -0.39 is 0 Å². The van der Waals surface area contributed by atoms with Crippen LogP contribution in [0.25, 0.3) is 0 Å². The molecule has 1 saturated carbocycles. The molecule has 15 heavy (non-hydrogen) atoms. The second-order valence-electron chi connectivity index (χ2n) is 5.93. The lowest BCUT2D eigenvalue weighted by molar-refractivity contribution is -0.123. The van der Waals surface area contributed by atoms with E-state index >= 15 is 0 Å². The van der Waals surface area contributed by atoms with E-state index in [9.17, 15) is 4.79 Å². The zero-order chi connectivity index (χ0) is 11.5. The number of carbonyl (C=O) groups is 1. The monoisotopic (exact) mass is 212 g/mol. The van der Waals surface area contributed by atoms with Crippen LogP contribution >= 0.6 is 0 Å². The summed E-state index contributed by atoms with van der Waals surface area (Å²) in [7, 11) is 0. The van der Waals surface area contributed by atoms with E-state index in [0.717, 1.165) is 25.7 Å². The van der Waals surface area contributed by atoms with Crippen LogP contribution in [0.15, 0.2) is 0 Å². The highest BCUT2D eigenvalue weighted by molar-refractivity contribution is 5.76. The molecule has 2 unspecified atom stereocenters. The molecule has 1 fully saturated rings. The minimum Gasteiger partial charge on any atom is -0.353 e. The predicted molar refractivity (Wildman–Crippen MR) is 62.4 cm³/mol. The van der Waals surface area contributed by atoms with Gasteiger partial charge in [0.25, 0.3) is 0 Å². The molecule has 0 radical (unpaired) electrons. The summed E-state index contributed by atoms with van der Waals surface area (Å²) in [6, 6.07) is 0.585. The summed E-state index contributed by atoms with van der Waals surface area (Å²) < 4.78 is 0. The van der Waals surface area contributed by atoms with E-state index in [2.05, 4.69) is 26.1 Å². The topological polar surface area (TPSA) is 55.1 Å². The Morgan fingerprint density at radius 2 is 2.07 bits per heavy atom. The van der Waals surface area contributed by atoms with Crippen molar-refractivity contribution in [2.75, 3.05) is 0 Å². The fourth-order valence-corrected chi connectivity index (χ4v) is 2.12. The van der Waals surface area contributed by atoms with E-state index in [1.54, 1.807) is 0 Å². The molecule has 1 aliphatic rings. The van der Waals surface area contributed by atoms with E-state index in [1.165, 1.54) is 0 Å². The van der Waals surface area contributed by atoms with Gasteiger partial charge in [0.05, 0.1) is 0 Å². The van der Waals surface area contributed by atoms with Gasteiger partial charge in [-0.1, -0.05) is 20.8 Å². The average Bonchev–Trinajstić information content (AvgIpc) is 1.99. The molecule has 0 aromatic heterocycles. The first-order valence-corrected chi connectivity index (χ1v) is 5.92. The van der Waals surface area contributed by atoms with Crippen LogP contribution in [-0.2, 0) is 4.79 Å². The van der Waals surface area contributed by atoms with Crippen LogP contribution in [0.1, 0.15) is 52.9 Å². The third kappa shape index (κ3) is 5.17. The predicted octanol–water partition coefficient (Wildman–Crippen LogP) is 1.81. The molecular weight excluding hydrogens is 188 g/mol. The number of hydrogen-bond donors (Lipinski definition) is 2. The van der Waals surface area contributed by atoms with Gasteiger partial charge in [-0.3, -0.25) is 4.79 Å². The first-order valence-electron chi connectivity index (χ1n) is 5.92. The number of rotatable bonds is 2. The van der Waals surface area contributed by atoms with Crippen LogP contribution in [0.2, 0.25) is 0 Å². The quantitative estimate of drug-likeness (QED) is 0.733. The van der Waals surface area contributed by atoms with Gasteiger partial charge < -0.3 is 11.1 Å². The SMILES string of the molecule is CC(C)(C)CC(=O)NC1CCCC(N)C1. The molecule has 0 aliphatic heterocycles. The zero-order valence-electron chi connectivity index (χ0n) is 10.2. The molecule has 3 heteroatoms. The molecule has 1 amide bonds. The van der Waals surface area contributed by atoms with Gasteiger partial charge in [-0.2, -0.15) is 0 Å². The molecule has 1 aliphatic carbocycles. The molecule has 1 rings (SSSR count). The Morgan fingerprint density at radius 1 is 1.40 bits per heavy atom. The van der Waals surface area contributed by atoms with Crippen LogP contribution in [0.5, 0.6) is 0 Å². The smallest absolute Gasteiger partial charge is 0.220 e. The second-order valence-corrected chi connectivity index (χ2v) is 5.93. The van der Waals surface area contributed by atoms with E-state index in [-0.39, 0.29) is 17.4 Å². The summed E-state index contributed by atoms with van der Waals surface area (Å²) in [5.41, 5.74) is 5.95. The summed E-state index contributed by atoms with van der Waals surface area (Å²) >= 11 is 0. The minimum atomic E-state index is 0.0703. The van der Waals surface area contributed by atoms with Crippen molar-refractivity contribution in [3.63, 3.8) is 0 Å². The van der Waals surface area contributed by atoms with Gasteiger partial charge in [0.15, 0.2) is 0 Å². The van der Waals surface area contributed by atoms with Crippen molar-refractivity contribution in [1.29, 1.82) is 0 Å². The van der Waals surface area contributed by atoms with E-state index in [0.29, 0.717) is 12.5 Å². The van der Waals surface area contributed by atoms with Crippen molar-refractivity contribution in [1.82, 2.24) is 5.32 Å². The highest BCUT2D eigenvalue weighted by atomic mass is 16.1. The number of carbonyl (C=O) groups excluding carboxylic acids is 1. The second kappa shape index (κ2) is 4.97. The Bertz CT molecular complexity index is 220. The Hall–Kier alpha value is -0.570. The van der Waals surface area contributed by atoms with Crippen molar-refractivity contribution in [3.8, 4) is 0 Å². The molecule has 3 N–H and O–H groups in total. The lowest BCUT2D eigenvalue weighted by atomic mass is 9.89. The maximum absolute atomic E-state index is 11.7. The Morgan fingerprint density at radius 3 is 2.60 bits per heavy atom. The Balaban J connectivity index is 2.31. The van der Waals surface area contributed by atoms with Gasteiger partial charge in [-0.05, 0) is 31.1 Å². The standard InChI is InChI=1S/C12H24N2O/c1-12(2,3)8-11(15)14-10-6-4-5-9(13)7-10/h9-10H,4-8,13H2,1-3H3,(H,14,15). The summed E-state index contributed by atoms with van der Waals surface area (Å²) in [6.07, 6.45) is 4.87. The van der Waals surface area contributed by atoms with Crippen molar-refractivity contribution in [3.05, 3.63) is 0 Å². The Kier molecular flexibility index (Phi) is 4.14. The van der Waals surface area contributed by atoms with E-state index in [1.807, 2.05) is 0 Å². The van der Waals surface area contributed by atoms with Crippen LogP contribution in [0.4, 0.5) is 0 Å². The maximum Gasteiger partial charge on any atom is 0.220 e. The van der Waals surface area contributed by atoms with Crippen molar-refractivity contribution in [2.24, 2.45) is 11.1 Å². The average molecular weight is 212 g/mol. The third-order valence-electron chi connectivity index (χ3n) is 2.77. The van der Waals surface area contributed by atoms with Crippen molar-refractivity contribution < 1.29 is 4.79 Å². The first kappa shape index (κ1) is 12.5. The summed E-state index contributed by atoms with van der Waals surface area (Å²) in [5, 5.41) is 3.09. The molecule has 0 spiro atoms. The minimum absolute atomic E-state index is 0.0703. The van der Waals surface area contributed by atoms with Crippen LogP contribution < -0.4 is 11.1 Å². The molecule has 2 atom stereocenters. The Labute approximate surface area is 92.8 Å². The van der Waals surface area contributed by atoms with E-state index in [4.69, 9.17) is 5.73 Å². The maximum atomic E-state index is 11.7. The van der Waals surface area contributed by atoms with Gasteiger partial charge in [0.1, 0.15) is 0 Å². The molecule has 0 bridgehead atoms. The van der Waals surface area contributed by atoms with Gasteiger partial charge in [0.2, 0.25) is 5.91 Å². The number of hydrogen-bond acceptors (Lipinski definition) is 2.